The van der Waals surface area contributed by atoms with E-state index in [0.29, 0.717) is 4.77 Å². The first-order valence-electron chi connectivity index (χ1n) is 3.11. The minimum Gasteiger partial charge on any atom is -0.336 e. The van der Waals surface area contributed by atoms with Crippen molar-refractivity contribution in [2.24, 2.45) is 0 Å². The summed E-state index contributed by atoms with van der Waals surface area (Å²) in [6, 6.07) is 1.51. The Morgan fingerprint density at radius 3 is 2.82 bits per heavy atom. The molecule has 0 bridgehead atoms. The minimum absolute atomic E-state index is 0.148. The fourth-order valence-corrected chi connectivity index (χ4v) is 1.41. The van der Waals surface area contributed by atoms with Gasteiger partial charge in [0.2, 0.25) is 0 Å². The third kappa shape index (κ3) is 2.59. The van der Waals surface area contributed by atoms with Crippen LogP contribution in [0.1, 0.15) is 5.69 Å². The van der Waals surface area contributed by atoms with Crippen LogP contribution in [0.25, 0.3) is 0 Å². The van der Waals surface area contributed by atoms with E-state index in [1.165, 1.54) is 6.07 Å². The van der Waals surface area contributed by atoms with Gasteiger partial charge in [-0.3, -0.25) is 9.78 Å². The summed E-state index contributed by atoms with van der Waals surface area (Å²) in [6.07, 6.45) is 0.785. The highest BCUT2D eigenvalue weighted by Gasteiger charge is 1.92. The van der Waals surface area contributed by atoms with Gasteiger partial charge in [-0.15, -0.1) is 0 Å². The molecule has 0 saturated heterocycles. The lowest BCUT2D eigenvalue weighted by atomic mass is 10.3. The van der Waals surface area contributed by atoms with Gasteiger partial charge in [0.1, 0.15) is 0 Å². The molecular weight excluding hydrogens is 228 g/mol. The maximum atomic E-state index is 10.8. The number of hydrogen-bond acceptors (Lipinski definition) is 2. The number of aryl methyl sites for hydroxylation is 1. The van der Waals surface area contributed by atoms with E-state index >= 15 is 0 Å². The van der Waals surface area contributed by atoms with Crippen molar-refractivity contribution < 1.29 is 0 Å². The summed E-state index contributed by atoms with van der Waals surface area (Å²) >= 11 is 8.04. The first-order valence-corrected chi connectivity index (χ1v) is 4.64. The van der Waals surface area contributed by atoms with Crippen LogP contribution in [0.2, 0.25) is 0 Å². The highest BCUT2D eigenvalue weighted by atomic mass is 79.9. The van der Waals surface area contributed by atoms with Crippen LogP contribution >= 0.6 is 28.1 Å². The smallest absolute Gasteiger partial charge is 0.251 e. The summed E-state index contributed by atoms with van der Waals surface area (Å²) in [5, 5.41) is 0.821. The van der Waals surface area contributed by atoms with E-state index in [-0.39, 0.29) is 5.56 Å². The van der Waals surface area contributed by atoms with Crippen LogP contribution in [0.3, 0.4) is 0 Å². The van der Waals surface area contributed by atoms with Gasteiger partial charge in [0, 0.05) is 17.1 Å². The van der Waals surface area contributed by atoms with Gasteiger partial charge >= 0.3 is 0 Å². The number of rotatable bonds is 2. The van der Waals surface area contributed by atoms with Crippen LogP contribution in [0.15, 0.2) is 10.9 Å². The Labute approximate surface area is 77.0 Å². The molecule has 0 aromatic carbocycles. The zero-order chi connectivity index (χ0) is 8.27. The van der Waals surface area contributed by atoms with Crippen LogP contribution in [0.4, 0.5) is 0 Å². The quantitative estimate of drug-likeness (QED) is 0.600. The fourth-order valence-electron chi connectivity index (χ4n) is 0.756. The van der Waals surface area contributed by atoms with Gasteiger partial charge in [0.15, 0.2) is 4.77 Å². The molecule has 0 fully saturated rings. The predicted octanol–water partition coefficient (Wildman–Crippen LogP) is 1.37. The van der Waals surface area contributed by atoms with E-state index in [1.54, 1.807) is 0 Å². The minimum atomic E-state index is -0.148. The van der Waals surface area contributed by atoms with Gasteiger partial charge in [-0.25, -0.2) is 0 Å². The monoisotopic (exact) mass is 234 g/mol. The zero-order valence-electron chi connectivity index (χ0n) is 5.69. The lowest BCUT2D eigenvalue weighted by Crippen LogP contribution is -2.08. The molecule has 1 heterocycles. The SMILES string of the molecule is O=c1cc(CCBr)[nH]c(=S)[nH]1. The van der Waals surface area contributed by atoms with E-state index in [4.69, 9.17) is 12.2 Å². The second-order valence-electron chi connectivity index (χ2n) is 2.05. The van der Waals surface area contributed by atoms with Crippen LogP contribution in [0, 0.1) is 4.77 Å². The highest BCUT2D eigenvalue weighted by Crippen LogP contribution is 1.93. The standard InChI is InChI=1S/C6H7BrN2OS/c7-2-1-4-3-5(10)9-6(11)8-4/h3H,1-2H2,(H2,8,9,10,11). The summed E-state index contributed by atoms with van der Waals surface area (Å²) in [4.78, 5) is 16.2. The lowest BCUT2D eigenvalue weighted by molar-refractivity contribution is 0.974. The van der Waals surface area contributed by atoms with Crippen molar-refractivity contribution in [2.45, 2.75) is 6.42 Å². The average molecular weight is 235 g/mol. The Morgan fingerprint density at radius 1 is 1.55 bits per heavy atom. The number of halogens is 1. The van der Waals surface area contributed by atoms with Gasteiger partial charge in [0.25, 0.3) is 5.56 Å². The van der Waals surface area contributed by atoms with Crippen molar-refractivity contribution in [1.82, 2.24) is 9.97 Å². The number of nitrogens with one attached hydrogen (secondary N) is 2. The third-order valence-corrected chi connectivity index (χ3v) is 1.78. The molecule has 2 N–H and O–H groups in total. The fraction of sp³-hybridized carbons (Fsp3) is 0.333. The molecule has 0 aliphatic rings. The molecule has 0 aliphatic heterocycles. The molecule has 0 unspecified atom stereocenters. The maximum Gasteiger partial charge on any atom is 0.251 e. The van der Waals surface area contributed by atoms with Crippen molar-refractivity contribution in [3.63, 3.8) is 0 Å². The molecule has 0 aliphatic carbocycles. The van der Waals surface area contributed by atoms with E-state index in [0.717, 1.165) is 17.4 Å². The van der Waals surface area contributed by atoms with E-state index in [1.807, 2.05) is 0 Å². The second kappa shape index (κ2) is 3.82. The summed E-state index contributed by atoms with van der Waals surface area (Å²) in [7, 11) is 0. The summed E-state index contributed by atoms with van der Waals surface area (Å²) in [5.74, 6) is 0. The molecule has 0 radical (unpaired) electrons. The molecule has 5 heteroatoms. The first-order chi connectivity index (χ1) is 5.22. The second-order valence-corrected chi connectivity index (χ2v) is 3.25. The molecule has 1 aromatic rings. The zero-order valence-corrected chi connectivity index (χ0v) is 8.09. The number of alkyl halides is 1. The van der Waals surface area contributed by atoms with Gasteiger partial charge in [-0.05, 0) is 18.6 Å². The molecule has 11 heavy (non-hydrogen) atoms. The first kappa shape index (κ1) is 8.67. The average Bonchev–Trinajstić information content (AvgIpc) is 1.85. The van der Waals surface area contributed by atoms with Crippen LogP contribution in [-0.4, -0.2) is 15.3 Å². The molecule has 1 rings (SSSR count). The van der Waals surface area contributed by atoms with Gasteiger partial charge < -0.3 is 4.98 Å². The molecule has 0 saturated carbocycles. The maximum absolute atomic E-state index is 10.8. The van der Waals surface area contributed by atoms with Crippen molar-refractivity contribution in [3.05, 3.63) is 26.9 Å². The molecule has 3 nitrogen and oxygen atoms in total. The number of aromatic amines is 2. The largest absolute Gasteiger partial charge is 0.336 e. The third-order valence-electron chi connectivity index (χ3n) is 1.18. The van der Waals surface area contributed by atoms with Gasteiger partial charge in [-0.1, -0.05) is 15.9 Å². The van der Waals surface area contributed by atoms with Crippen LogP contribution in [-0.2, 0) is 6.42 Å². The van der Waals surface area contributed by atoms with E-state index in [2.05, 4.69) is 25.9 Å². The summed E-state index contributed by atoms with van der Waals surface area (Å²) < 4.78 is 0.383. The Balaban J connectivity index is 3.09. The van der Waals surface area contributed by atoms with Crippen molar-refractivity contribution in [2.75, 3.05) is 5.33 Å². The van der Waals surface area contributed by atoms with Gasteiger partial charge in [0.05, 0.1) is 0 Å². The molecule has 0 atom stereocenters. The Kier molecular flexibility index (Phi) is 3.02. The molecular formula is C6H7BrN2OS. The number of aromatic nitrogens is 2. The van der Waals surface area contributed by atoms with Crippen molar-refractivity contribution >= 4 is 28.1 Å². The molecule has 1 aromatic heterocycles. The summed E-state index contributed by atoms with van der Waals surface area (Å²) in [5.41, 5.74) is 0.709. The van der Waals surface area contributed by atoms with Crippen LogP contribution in [0.5, 0.6) is 0 Å². The number of hydrogen-bond donors (Lipinski definition) is 2. The Morgan fingerprint density at radius 2 is 2.27 bits per heavy atom. The van der Waals surface area contributed by atoms with Crippen LogP contribution < -0.4 is 5.56 Å². The van der Waals surface area contributed by atoms with Gasteiger partial charge in [-0.2, -0.15) is 0 Å². The molecule has 60 valence electrons. The topological polar surface area (TPSA) is 48.6 Å². The normalized spacial score (nSPS) is 9.91. The molecule has 0 amide bonds. The highest BCUT2D eigenvalue weighted by molar-refractivity contribution is 9.09. The summed E-state index contributed by atoms with van der Waals surface area (Å²) in [6.45, 7) is 0. The van der Waals surface area contributed by atoms with Crippen molar-refractivity contribution in [1.29, 1.82) is 0 Å². The number of H-pyrrole nitrogens is 2. The van der Waals surface area contributed by atoms with Crippen molar-refractivity contribution in [3.8, 4) is 0 Å². The molecule has 0 spiro atoms. The lowest BCUT2D eigenvalue weighted by Gasteiger charge is -1.95. The predicted molar refractivity (Wildman–Crippen MR) is 49.7 cm³/mol. The Bertz CT molecular complexity index is 315. The van der Waals surface area contributed by atoms with E-state index in [9.17, 15) is 4.79 Å². The Hall–Kier alpha value is -0.420. The van der Waals surface area contributed by atoms with E-state index < -0.39 is 0 Å².